The van der Waals surface area contributed by atoms with Gasteiger partial charge in [0.15, 0.2) is 0 Å². The predicted molar refractivity (Wildman–Crippen MR) is 221 cm³/mol. The molecule has 0 radical (unpaired) electrons. The van der Waals surface area contributed by atoms with Crippen molar-refractivity contribution in [3.63, 3.8) is 0 Å². The molecule has 9 aromatic rings. The Hall–Kier alpha value is -6.89. The van der Waals surface area contributed by atoms with Crippen LogP contribution >= 0.6 is 0 Å². The Bertz CT molecular complexity index is 2910. The monoisotopic (exact) mass is 677 g/mol. The van der Waals surface area contributed by atoms with Crippen LogP contribution in [0.3, 0.4) is 0 Å². The highest BCUT2D eigenvalue weighted by Crippen LogP contribution is 2.51. The smallest absolute Gasteiger partial charge is 0.0991 e. The second-order valence-corrected chi connectivity index (χ2v) is 14.5. The minimum absolute atomic E-state index is 0.127. The standard InChI is InChI=1S/C50H35N3/c1-50(2)45-15-9-8-14-42(45)43-27-25-39(30-46(43)50)52(37-23-18-35(19-24-37)34-10-4-3-5-11-34)40-26-28-44-48(31-40)53(38-21-16-33(32-51)17-22-38)47-29-20-36-12-6-7-13-41(36)49(44)47/h3-31H,1-2H3. The zero-order chi connectivity index (χ0) is 35.7. The lowest BCUT2D eigenvalue weighted by atomic mass is 9.82. The fourth-order valence-electron chi connectivity index (χ4n) is 8.59. The number of fused-ring (bicyclic) bond motifs is 8. The highest BCUT2D eigenvalue weighted by Gasteiger charge is 2.35. The first kappa shape index (κ1) is 30.9. The summed E-state index contributed by atoms with van der Waals surface area (Å²) in [7, 11) is 0. The summed E-state index contributed by atoms with van der Waals surface area (Å²) < 4.78 is 2.35. The lowest BCUT2D eigenvalue weighted by Gasteiger charge is -2.28. The Labute approximate surface area is 309 Å². The lowest BCUT2D eigenvalue weighted by Crippen LogP contribution is -2.16. The Balaban J connectivity index is 1.22. The van der Waals surface area contributed by atoms with Crippen molar-refractivity contribution in [3.05, 3.63) is 193 Å². The normalized spacial score (nSPS) is 12.8. The maximum atomic E-state index is 9.60. The van der Waals surface area contributed by atoms with E-state index in [1.165, 1.54) is 54.9 Å². The molecule has 0 unspecified atom stereocenters. The minimum atomic E-state index is -0.127. The number of aromatic nitrogens is 1. The predicted octanol–water partition coefficient (Wildman–Crippen LogP) is 13.3. The van der Waals surface area contributed by atoms with Gasteiger partial charge in [0, 0.05) is 38.9 Å². The molecule has 0 fully saturated rings. The number of hydrogen-bond acceptors (Lipinski definition) is 2. The van der Waals surface area contributed by atoms with Gasteiger partial charge in [0.2, 0.25) is 0 Å². The average molecular weight is 678 g/mol. The second kappa shape index (κ2) is 11.8. The molecule has 53 heavy (non-hydrogen) atoms. The summed E-state index contributed by atoms with van der Waals surface area (Å²) in [4.78, 5) is 2.40. The SMILES string of the molecule is CC1(C)c2ccccc2-c2ccc(N(c3ccc(-c4ccccc4)cc3)c3ccc4c5c6ccccc6ccc5n(-c5ccc(C#N)cc5)c4c3)cc21. The molecule has 0 spiro atoms. The topological polar surface area (TPSA) is 32.0 Å². The first-order chi connectivity index (χ1) is 26.0. The van der Waals surface area contributed by atoms with Gasteiger partial charge in [0.25, 0.3) is 0 Å². The van der Waals surface area contributed by atoms with Gasteiger partial charge in [-0.2, -0.15) is 5.26 Å². The molecule has 0 aliphatic heterocycles. The van der Waals surface area contributed by atoms with Crippen molar-refractivity contribution in [1.29, 1.82) is 5.26 Å². The third-order valence-corrected chi connectivity index (χ3v) is 11.2. The first-order valence-corrected chi connectivity index (χ1v) is 18.2. The quantitative estimate of drug-likeness (QED) is 0.182. The van der Waals surface area contributed by atoms with Crippen molar-refractivity contribution in [2.45, 2.75) is 19.3 Å². The van der Waals surface area contributed by atoms with Crippen molar-refractivity contribution in [3.8, 4) is 34.0 Å². The lowest BCUT2D eigenvalue weighted by molar-refractivity contribution is 0.660. The maximum absolute atomic E-state index is 9.60. The van der Waals surface area contributed by atoms with Crippen molar-refractivity contribution in [2.75, 3.05) is 4.90 Å². The molecule has 0 bridgehead atoms. The van der Waals surface area contributed by atoms with E-state index in [0.29, 0.717) is 5.56 Å². The van der Waals surface area contributed by atoms with E-state index in [2.05, 4.69) is 193 Å². The van der Waals surface area contributed by atoms with Crippen LogP contribution < -0.4 is 4.90 Å². The van der Waals surface area contributed by atoms with Gasteiger partial charge >= 0.3 is 0 Å². The molecule has 0 amide bonds. The zero-order valence-electron chi connectivity index (χ0n) is 29.6. The van der Waals surface area contributed by atoms with Crippen molar-refractivity contribution < 1.29 is 0 Å². The summed E-state index contributed by atoms with van der Waals surface area (Å²) in [5.41, 5.74) is 14.8. The van der Waals surface area contributed by atoms with Crippen molar-refractivity contribution in [2.24, 2.45) is 0 Å². The van der Waals surface area contributed by atoms with Gasteiger partial charge in [-0.15, -0.1) is 0 Å². The van der Waals surface area contributed by atoms with Crippen LogP contribution in [0.1, 0.15) is 30.5 Å². The van der Waals surface area contributed by atoms with Gasteiger partial charge in [-0.05, 0) is 111 Å². The third kappa shape index (κ3) is 4.80. The molecule has 0 saturated heterocycles. The summed E-state index contributed by atoms with van der Waals surface area (Å²) >= 11 is 0. The molecule has 10 rings (SSSR count). The number of nitrogens with zero attached hydrogens (tertiary/aromatic N) is 3. The van der Waals surface area contributed by atoms with Gasteiger partial charge in [0.1, 0.15) is 0 Å². The molecule has 3 nitrogen and oxygen atoms in total. The van der Waals surface area contributed by atoms with Crippen LogP contribution in [0.15, 0.2) is 176 Å². The van der Waals surface area contributed by atoms with Gasteiger partial charge < -0.3 is 9.47 Å². The Morgan fingerprint density at radius 1 is 0.509 bits per heavy atom. The maximum Gasteiger partial charge on any atom is 0.0991 e. The zero-order valence-corrected chi connectivity index (χ0v) is 29.6. The van der Waals surface area contributed by atoms with Gasteiger partial charge in [0.05, 0.1) is 22.7 Å². The number of benzene rings is 8. The van der Waals surface area contributed by atoms with E-state index < -0.39 is 0 Å². The van der Waals surface area contributed by atoms with E-state index in [0.717, 1.165) is 33.8 Å². The van der Waals surface area contributed by atoms with Crippen LogP contribution in [-0.2, 0) is 5.41 Å². The minimum Gasteiger partial charge on any atom is -0.310 e. The second-order valence-electron chi connectivity index (χ2n) is 14.5. The summed E-state index contributed by atoms with van der Waals surface area (Å²) in [6.07, 6.45) is 0. The Kier molecular flexibility index (Phi) is 6.90. The molecule has 1 heterocycles. The molecule has 0 atom stereocenters. The average Bonchev–Trinajstić information content (AvgIpc) is 3.67. The van der Waals surface area contributed by atoms with Gasteiger partial charge in [-0.25, -0.2) is 0 Å². The summed E-state index contributed by atoms with van der Waals surface area (Å²) in [6.45, 7) is 4.68. The molecule has 3 heteroatoms. The van der Waals surface area contributed by atoms with E-state index in [4.69, 9.17) is 0 Å². The Morgan fingerprint density at radius 3 is 1.98 bits per heavy atom. The highest BCUT2D eigenvalue weighted by atomic mass is 15.1. The van der Waals surface area contributed by atoms with E-state index >= 15 is 0 Å². The summed E-state index contributed by atoms with van der Waals surface area (Å²) in [5, 5.41) is 14.5. The first-order valence-electron chi connectivity index (χ1n) is 18.2. The molecule has 8 aromatic carbocycles. The van der Waals surface area contributed by atoms with E-state index in [1.807, 2.05) is 12.1 Å². The van der Waals surface area contributed by atoms with Crippen LogP contribution in [0.4, 0.5) is 17.1 Å². The Morgan fingerprint density at radius 2 is 1.17 bits per heavy atom. The fourth-order valence-corrected chi connectivity index (χ4v) is 8.59. The molecular formula is C50H35N3. The number of nitriles is 1. The molecule has 1 aliphatic carbocycles. The summed E-state index contributed by atoms with van der Waals surface area (Å²) in [5.74, 6) is 0. The van der Waals surface area contributed by atoms with E-state index in [1.54, 1.807) is 0 Å². The summed E-state index contributed by atoms with van der Waals surface area (Å²) in [6, 6.07) is 65.5. The highest BCUT2D eigenvalue weighted by molar-refractivity contribution is 6.21. The fraction of sp³-hybridized carbons (Fsp3) is 0.0600. The molecule has 0 N–H and O–H groups in total. The van der Waals surface area contributed by atoms with Crippen LogP contribution in [0.5, 0.6) is 0 Å². The molecule has 0 saturated carbocycles. The van der Waals surface area contributed by atoms with Crippen molar-refractivity contribution in [1.82, 2.24) is 4.57 Å². The van der Waals surface area contributed by atoms with Crippen LogP contribution in [0.2, 0.25) is 0 Å². The largest absolute Gasteiger partial charge is 0.310 e. The molecular weight excluding hydrogens is 643 g/mol. The van der Waals surface area contributed by atoms with Gasteiger partial charge in [-0.1, -0.05) is 123 Å². The number of rotatable bonds is 5. The number of hydrogen-bond donors (Lipinski definition) is 0. The van der Waals surface area contributed by atoms with E-state index in [9.17, 15) is 5.26 Å². The molecule has 1 aromatic heterocycles. The van der Waals surface area contributed by atoms with E-state index in [-0.39, 0.29) is 5.41 Å². The molecule has 1 aliphatic rings. The van der Waals surface area contributed by atoms with Crippen molar-refractivity contribution >= 4 is 49.6 Å². The molecule has 250 valence electrons. The van der Waals surface area contributed by atoms with Gasteiger partial charge in [-0.3, -0.25) is 0 Å². The third-order valence-electron chi connectivity index (χ3n) is 11.2. The van der Waals surface area contributed by atoms with Crippen LogP contribution in [0.25, 0.3) is 60.5 Å². The number of anilines is 3. The van der Waals surface area contributed by atoms with Crippen LogP contribution in [0, 0.1) is 11.3 Å². The van der Waals surface area contributed by atoms with Crippen LogP contribution in [-0.4, -0.2) is 4.57 Å².